The summed E-state index contributed by atoms with van der Waals surface area (Å²) in [5, 5.41) is 8.19. The second-order valence-electron chi connectivity index (χ2n) is 6.80. The van der Waals surface area contributed by atoms with Crippen LogP contribution < -0.4 is 9.64 Å². The maximum Gasteiger partial charge on any atom is 0.318 e. The average molecular weight is 358 g/mol. The van der Waals surface area contributed by atoms with Crippen LogP contribution >= 0.6 is 0 Å². The van der Waals surface area contributed by atoms with Crippen molar-refractivity contribution in [3.63, 3.8) is 0 Å². The molecule has 0 aliphatic carbocycles. The first-order valence-corrected chi connectivity index (χ1v) is 9.06. The van der Waals surface area contributed by atoms with Crippen LogP contribution in [0.5, 0.6) is 5.75 Å². The standard InChI is InChI=1S/C19H26N4O3/c1-14(2)18-20-21-19(26-18)23-11-9-22(10-12-23)17(24)8-7-15-5-4-6-16(13-15)25-3/h4-6,13-14H,7-12H2,1-3H3. The topological polar surface area (TPSA) is 71.7 Å². The minimum atomic E-state index is 0.181. The van der Waals surface area contributed by atoms with Crippen LogP contribution in [0.2, 0.25) is 0 Å². The van der Waals surface area contributed by atoms with Crippen LogP contribution in [0, 0.1) is 0 Å². The molecular formula is C19H26N4O3. The van der Waals surface area contributed by atoms with E-state index < -0.39 is 0 Å². The molecule has 0 atom stereocenters. The van der Waals surface area contributed by atoms with Gasteiger partial charge in [-0.2, -0.15) is 0 Å². The molecule has 1 saturated heterocycles. The van der Waals surface area contributed by atoms with Crippen LogP contribution in [0.25, 0.3) is 0 Å². The normalized spacial score (nSPS) is 14.8. The van der Waals surface area contributed by atoms with Gasteiger partial charge < -0.3 is 19.0 Å². The molecule has 140 valence electrons. The Morgan fingerprint density at radius 3 is 2.65 bits per heavy atom. The van der Waals surface area contributed by atoms with Crippen molar-refractivity contribution in [3.8, 4) is 5.75 Å². The van der Waals surface area contributed by atoms with Gasteiger partial charge in [-0.1, -0.05) is 31.1 Å². The molecule has 1 aliphatic heterocycles. The molecule has 26 heavy (non-hydrogen) atoms. The third-order valence-corrected chi connectivity index (χ3v) is 4.59. The molecule has 0 bridgehead atoms. The van der Waals surface area contributed by atoms with E-state index in [-0.39, 0.29) is 11.8 Å². The lowest BCUT2D eigenvalue weighted by atomic mass is 10.1. The van der Waals surface area contributed by atoms with Gasteiger partial charge in [0.05, 0.1) is 7.11 Å². The fourth-order valence-corrected chi connectivity index (χ4v) is 2.97. The van der Waals surface area contributed by atoms with Gasteiger partial charge in [0.1, 0.15) is 5.75 Å². The van der Waals surface area contributed by atoms with E-state index in [4.69, 9.17) is 9.15 Å². The van der Waals surface area contributed by atoms with E-state index >= 15 is 0 Å². The van der Waals surface area contributed by atoms with Crippen molar-refractivity contribution >= 4 is 11.9 Å². The quantitative estimate of drug-likeness (QED) is 0.790. The number of piperazine rings is 1. The van der Waals surface area contributed by atoms with Gasteiger partial charge in [0.2, 0.25) is 11.8 Å². The lowest BCUT2D eigenvalue weighted by molar-refractivity contribution is -0.131. The maximum atomic E-state index is 12.5. The molecule has 2 heterocycles. The van der Waals surface area contributed by atoms with E-state index in [1.807, 2.05) is 47.9 Å². The summed E-state index contributed by atoms with van der Waals surface area (Å²) >= 11 is 0. The molecule has 1 amide bonds. The van der Waals surface area contributed by atoms with E-state index in [1.165, 1.54) is 0 Å². The van der Waals surface area contributed by atoms with Gasteiger partial charge in [0.25, 0.3) is 0 Å². The number of benzene rings is 1. The summed E-state index contributed by atoms with van der Waals surface area (Å²) in [6.45, 7) is 6.83. The monoisotopic (exact) mass is 358 g/mol. The van der Waals surface area contributed by atoms with Crippen molar-refractivity contribution in [2.24, 2.45) is 0 Å². The third kappa shape index (κ3) is 4.33. The molecule has 0 unspecified atom stereocenters. The predicted molar refractivity (Wildman–Crippen MR) is 98.5 cm³/mol. The number of aromatic nitrogens is 2. The smallest absolute Gasteiger partial charge is 0.318 e. The third-order valence-electron chi connectivity index (χ3n) is 4.59. The van der Waals surface area contributed by atoms with E-state index in [1.54, 1.807) is 7.11 Å². The molecule has 7 heteroatoms. The summed E-state index contributed by atoms with van der Waals surface area (Å²) < 4.78 is 10.9. The van der Waals surface area contributed by atoms with Gasteiger partial charge in [-0.15, -0.1) is 5.10 Å². The minimum absolute atomic E-state index is 0.181. The van der Waals surface area contributed by atoms with Crippen molar-refractivity contribution in [2.75, 3.05) is 38.2 Å². The highest BCUT2D eigenvalue weighted by atomic mass is 16.5. The zero-order chi connectivity index (χ0) is 18.5. The number of hydrogen-bond acceptors (Lipinski definition) is 6. The Kier molecular flexibility index (Phi) is 5.75. The fraction of sp³-hybridized carbons (Fsp3) is 0.526. The van der Waals surface area contributed by atoms with E-state index in [0.29, 0.717) is 44.5 Å². The first kappa shape index (κ1) is 18.2. The minimum Gasteiger partial charge on any atom is -0.497 e. The Labute approximate surface area is 153 Å². The average Bonchev–Trinajstić information content (AvgIpc) is 3.17. The number of aryl methyl sites for hydroxylation is 1. The molecule has 7 nitrogen and oxygen atoms in total. The highest BCUT2D eigenvalue weighted by molar-refractivity contribution is 5.76. The lowest BCUT2D eigenvalue weighted by Crippen LogP contribution is -2.49. The summed E-state index contributed by atoms with van der Waals surface area (Å²) in [5.74, 6) is 1.87. The Bertz CT molecular complexity index is 736. The molecule has 0 spiro atoms. The summed E-state index contributed by atoms with van der Waals surface area (Å²) in [6, 6.07) is 8.42. The molecular weight excluding hydrogens is 332 g/mol. The van der Waals surface area contributed by atoms with Gasteiger partial charge in [0, 0.05) is 38.5 Å². The summed E-state index contributed by atoms with van der Waals surface area (Å²) in [5.41, 5.74) is 1.11. The summed E-state index contributed by atoms with van der Waals surface area (Å²) in [6.07, 6.45) is 1.23. The zero-order valence-corrected chi connectivity index (χ0v) is 15.6. The molecule has 2 aromatic rings. The number of methoxy groups -OCH3 is 1. The highest BCUT2D eigenvalue weighted by Crippen LogP contribution is 2.20. The van der Waals surface area contributed by atoms with Crippen molar-refractivity contribution in [3.05, 3.63) is 35.7 Å². The molecule has 0 N–H and O–H groups in total. The Morgan fingerprint density at radius 1 is 1.23 bits per heavy atom. The van der Waals surface area contributed by atoms with Gasteiger partial charge in [-0.25, -0.2) is 0 Å². The van der Waals surface area contributed by atoms with Crippen LogP contribution in [0.3, 0.4) is 0 Å². The van der Waals surface area contributed by atoms with Crippen molar-refractivity contribution in [1.29, 1.82) is 0 Å². The number of carbonyl (C=O) groups excluding carboxylic acids is 1. The number of ether oxygens (including phenoxy) is 1. The molecule has 0 radical (unpaired) electrons. The first-order chi connectivity index (χ1) is 12.6. The van der Waals surface area contributed by atoms with E-state index in [2.05, 4.69) is 10.2 Å². The van der Waals surface area contributed by atoms with E-state index in [0.717, 1.165) is 17.7 Å². The van der Waals surface area contributed by atoms with E-state index in [9.17, 15) is 4.79 Å². The van der Waals surface area contributed by atoms with Crippen LogP contribution in [0.4, 0.5) is 6.01 Å². The fourth-order valence-electron chi connectivity index (χ4n) is 2.97. The Morgan fingerprint density at radius 2 is 2.00 bits per heavy atom. The lowest BCUT2D eigenvalue weighted by Gasteiger charge is -2.33. The van der Waals surface area contributed by atoms with Gasteiger partial charge in [-0.05, 0) is 24.1 Å². The number of nitrogens with zero attached hydrogens (tertiary/aromatic N) is 4. The second kappa shape index (κ2) is 8.21. The zero-order valence-electron chi connectivity index (χ0n) is 15.6. The van der Waals surface area contributed by atoms with Crippen LogP contribution in [0.1, 0.15) is 37.6 Å². The molecule has 3 rings (SSSR count). The number of amides is 1. The van der Waals surface area contributed by atoms with Gasteiger partial charge in [-0.3, -0.25) is 4.79 Å². The van der Waals surface area contributed by atoms with Crippen LogP contribution in [0.15, 0.2) is 28.7 Å². The number of rotatable bonds is 6. The van der Waals surface area contributed by atoms with Crippen molar-refractivity contribution in [1.82, 2.24) is 15.1 Å². The highest BCUT2D eigenvalue weighted by Gasteiger charge is 2.24. The SMILES string of the molecule is COc1cccc(CCC(=O)N2CCN(c3nnc(C(C)C)o3)CC2)c1. The second-order valence-corrected chi connectivity index (χ2v) is 6.80. The first-order valence-electron chi connectivity index (χ1n) is 9.06. The van der Waals surface area contributed by atoms with Crippen LogP contribution in [-0.4, -0.2) is 54.3 Å². The van der Waals surface area contributed by atoms with Crippen molar-refractivity contribution < 1.29 is 13.9 Å². The number of carbonyl (C=O) groups is 1. The predicted octanol–water partition coefficient (Wildman–Crippen LogP) is 2.48. The van der Waals surface area contributed by atoms with Gasteiger partial charge >= 0.3 is 6.01 Å². The number of anilines is 1. The molecule has 1 aromatic heterocycles. The summed E-state index contributed by atoms with van der Waals surface area (Å²) in [4.78, 5) is 16.4. The summed E-state index contributed by atoms with van der Waals surface area (Å²) in [7, 11) is 1.65. The molecule has 1 fully saturated rings. The molecule has 1 aromatic carbocycles. The Hall–Kier alpha value is -2.57. The number of hydrogen-bond donors (Lipinski definition) is 0. The largest absolute Gasteiger partial charge is 0.497 e. The van der Waals surface area contributed by atoms with Gasteiger partial charge in [0.15, 0.2) is 0 Å². The molecule has 1 aliphatic rings. The Balaban J connectivity index is 1.48. The maximum absolute atomic E-state index is 12.5. The van der Waals surface area contributed by atoms with Crippen LogP contribution in [-0.2, 0) is 11.2 Å². The van der Waals surface area contributed by atoms with Crippen molar-refractivity contribution in [2.45, 2.75) is 32.6 Å². The molecule has 0 saturated carbocycles.